The fourth-order valence-corrected chi connectivity index (χ4v) is 2.63. The van der Waals surface area contributed by atoms with Crippen LogP contribution in [0.25, 0.3) is 0 Å². The molecular weight excluding hydrogens is 236 g/mol. The van der Waals surface area contributed by atoms with Crippen molar-refractivity contribution in [3.63, 3.8) is 0 Å². The van der Waals surface area contributed by atoms with Crippen LogP contribution in [0.2, 0.25) is 0 Å². The predicted molar refractivity (Wildman–Crippen MR) is 79.1 cm³/mol. The van der Waals surface area contributed by atoms with E-state index in [0.29, 0.717) is 6.10 Å². The molecule has 3 nitrogen and oxygen atoms in total. The zero-order valence-electron chi connectivity index (χ0n) is 11.9. The summed E-state index contributed by atoms with van der Waals surface area (Å²) in [6.07, 6.45) is 3.85. The molecule has 1 saturated heterocycles. The van der Waals surface area contributed by atoms with E-state index in [1.54, 1.807) is 0 Å². The molecular formula is C16H26N2O. The number of ether oxygens (including phenoxy) is 1. The maximum absolute atomic E-state index is 6.27. The molecule has 0 spiro atoms. The lowest BCUT2D eigenvalue weighted by atomic mass is 10.0. The van der Waals surface area contributed by atoms with Crippen LogP contribution in [0, 0.1) is 0 Å². The summed E-state index contributed by atoms with van der Waals surface area (Å²) in [6.45, 7) is 6.22. The third-order valence-corrected chi connectivity index (χ3v) is 3.77. The van der Waals surface area contributed by atoms with Crippen LogP contribution in [0.15, 0.2) is 30.3 Å². The van der Waals surface area contributed by atoms with Crippen LogP contribution < -0.4 is 5.73 Å². The fourth-order valence-electron chi connectivity index (χ4n) is 2.63. The minimum atomic E-state index is 0.120. The van der Waals surface area contributed by atoms with Gasteiger partial charge in [0.2, 0.25) is 0 Å². The van der Waals surface area contributed by atoms with Gasteiger partial charge in [0.05, 0.1) is 6.10 Å². The Bertz CT molecular complexity index is 347. The number of likely N-dealkylation sites (tertiary alicyclic amines) is 1. The van der Waals surface area contributed by atoms with Crippen molar-refractivity contribution in [1.82, 2.24) is 4.90 Å². The Hall–Kier alpha value is -0.900. The largest absolute Gasteiger partial charge is 0.378 e. The summed E-state index contributed by atoms with van der Waals surface area (Å²) in [4.78, 5) is 2.46. The van der Waals surface area contributed by atoms with E-state index in [9.17, 15) is 0 Å². The molecule has 0 radical (unpaired) electrons. The molecule has 1 aromatic carbocycles. The van der Waals surface area contributed by atoms with E-state index in [1.807, 2.05) is 6.07 Å². The number of nitrogens with two attached hydrogens (primary N) is 1. The highest BCUT2D eigenvalue weighted by Gasteiger charge is 2.21. The van der Waals surface area contributed by atoms with E-state index in [-0.39, 0.29) is 6.04 Å². The molecule has 1 aromatic rings. The minimum absolute atomic E-state index is 0.120. The molecule has 3 heteroatoms. The van der Waals surface area contributed by atoms with Crippen LogP contribution in [0.5, 0.6) is 0 Å². The molecule has 2 rings (SSSR count). The molecule has 0 amide bonds. The van der Waals surface area contributed by atoms with E-state index < -0.39 is 0 Å². The minimum Gasteiger partial charge on any atom is -0.378 e. The van der Waals surface area contributed by atoms with Crippen LogP contribution in [0.4, 0.5) is 0 Å². The Morgan fingerprint density at radius 1 is 1.26 bits per heavy atom. The maximum atomic E-state index is 6.27. The Kier molecular flexibility index (Phi) is 5.83. The van der Waals surface area contributed by atoms with Gasteiger partial charge < -0.3 is 15.4 Å². The molecule has 0 aromatic heterocycles. The molecule has 106 valence electrons. The molecule has 0 aliphatic carbocycles. The van der Waals surface area contributed by atoms with Gasteiger partial charge in [0.1, 0.15) is 0 Å². The summed E-state index contributed by atoms with van der Waals surface area (Å²) in [5.74, 6) is 0. The van der Waals surface area contributed by atoms with Crippen molar-refractivity contribution in [1.29, 1.82) is 0 Å². The Morgan fingerprint density at radius 2 is 1.95 bits per heavy atom. The lowest BCUT2D eigenvalue weighted by Crippen LogP contribution is -2.40. The number of nitrogens with zero attached hydrogens (tertiary/aromatic N) is 1. The smallest absolute Gasteiger partial charge is 0.0599 e. The van der Waals surface area contributed by atoms with Gasteiger partial charge in [0, 0.05) is 32.3 Å². The number of hydrogen-bond acceptors (Lipinski definition) is 3. The summed E-state index contributed by atoms with van der Waals surface area (Å²) in [5, 5.41) is 0. The highest BCUT2D eigenvalue weighted by Crippen LogP contribution is 2.17. The second kappa shape index (κ2) is 7.63. The van der Waals surface area contributed by atoms with E-state index in [4.69, 9.17) is 10.5 Å². The van der Waals surface area contributed by atoms with Gasteiger partial charge in [-0.15, -0.1) is 0 Å². The van der Waals surface area contributed by atoms with Crippen molar-refractivity contribution in [3.8, 4) is 0 Å². The van der Waals surface area contributed by atoms with Crippen LogP contribution in [0.1, 0.15) is 37.8 Å². The highest BCUT2D eigenvalue weighted by molar-refractivity contribution is 5.18. The van der Waals surface area contributed by atoms with Crippen molar-refractivity contribution in [2.45, 2.75) is 38.3 Å². The van der Waals surface area contributed by atoms with Crippen LogP contribution in [0.3, 0.4) is 0 Å². The molecule has 19 heavy (non-hydrogen) atoms. The third kappa shape index (κ3) is 4.60. The van der Waals surface area contributed by atoms with Crippen LogP contribution >= 0.6 is 0 Å². The van der Waals surface area contributed by atoms with Crippen molar-refractivity contribution < 1.29 is 4.74 Å². The van der Waals surface area contributed by atoms with Crippen molar-refractivity contribution in [3.05, 3.63) is 35.9 Å². The maximum Gasteiger partial charge on any atom is 0.0599 e. The van der Waals surface area contributed by atoms with Gasteiger partial charge in [-0.25, -0.2) is 0 Å². The molecule has 1 fully saturated rings. The lowest BCUT2D eigenvalue weighted by Gasteiger charge is -2.33. The van der Waals surface area contributed by atoms with Crippen molar-refractivity contribution >= 4 is 0 Å². The topological polar surface area (TPSA) is 38.5 Å². The molecule has 1 unspecified atom stereocenters. The quantitative estimate of drug-likeness (QED) is 0.856. The van der Waals surface area contributed by atoms with Gasteiger partial charge in [0.15, 0.2) is 0 Å². The van der Waals surface area contributed by atoms with Gasteiger partial charge >= 0.3 is 0 Å². The highest BCUT2D eigenvalue weighted by atomic mass is 16.5. The summed E-state index contributed by atoms with van der Waals surface area (Å²) >= 11 is 0. The standard InChI is InChI=1S/C16H26N2O/c1-2-12-19-15-8-10-18(11-9-15)13-16(17)14-6-4-3-5-7-14/h3-7,15-16H,2,8-13,17H2,1H3. The Labute approximate surface area is 116 Å². The fraction of sp³-hybridized carbons (Fsp3) is 0.625. The Balaban J connectivity index is 1.73. The zero-order valence-corrected chi connectivity index (χ0v) is 11.9. The van der Waals surface area contributed by atoms with E-state index in [0.717, 1.165) is 45.5 Å². The molecule has 1 aliphatic rings. The summed E-state index contributed by atoms with van der Waals surface area (Å²) < 4.78 is 5.81. The third-order valence-electron chi connectivity index (χ3n) is 3.77. The van der Waals surface area contributed by atoms with Gasteiger partial charge in [-0.2, -0.15) is 0 Å². The number of hydrogen-bond donors (Lipinski definition) is 1. The molecule has 0 bridgehead atoms. The molecule has 0 saturated carbocycles. The second-order valence-electron chi connectivity index (χ2n) is 5.39. The van der Waals surface area contributed by atoms with E-state index >= 15 is 0 Å². The lowest BCUT2D eigenvalue weighted by molar-refractivity contribution is 0.00686. The van der Waals surface area contributed by atoms with Crippen LogP contribution in [-0.4, -0.2) is 37.2 Å². The SMILES string of the molecule is CCCOC1CCN(CC(N)c2ccccc2)CC1. The number of benzene rings is 1. The molecule has 1 aliphatic heterocycles. The van der Waals surface area contributed by atoms with Gasteiger partial charge in [-0.3, -0.25) is 0 Å². The number of rotatable bonds is 6. The average Bonchev–Trinajstić information content (AvgIpc) is 2.47. The van der Waals surface area contributed by atoms with Gasteiger partial charge in [-0.05, 0) is 24.8 Å². The summed E-state index contributed by atoms with van der Waals surface area (Å²) in [7, 11) is 0. The first kappa shape index (κ1) is 14.5. The zero-order chi connectivity index (χ0) is 13.5. The van der Waals surface area contributed by atoms with Crippen molar-refractivity contribution in [2.75, 3.05) is 26.2 Å². The molecule has 1 heterocycles. The Morgan fingerprint density at radius 3 is 2.58 bits per heavy atom. The monoisotopic (exact) mass is 262 g/mol. The first-order chi connectivity index (χ1) is 9.29. The van der Waals surface area contributed by atoms with E-state index in [1.165, 1.54) is 5.56 Å². The summed E-state index contributed by atoms with van der Waals surface area (Å²) in [5.41, 5.74) is 7.50. The van der Waals surface area contributed by atoms with Gasteiger partial charge in [0.25, 0.3) is 0 Å². The molecule has 1 atom stereocenters. The summed E-state index contributed by atoms with van der Waals surface area (Å²) in [6, 6.07) is 10.5. The second-order valence-corrected chi connectivity index (χ2v) is 5.39. The predicted octanol–water partition coefficient (Wildman–Crippen LogP) is 2.58. The normalized spacial score (nSPS) is 19.5. The van der Waals surface area contributed by atoms with Crippen LogP contribution in [-0.2, 0) is 4.74 Å². The average molecular weight is 262 g/mol. The first-order valence-electron chi connectivity index (χ1n) is 7.44. The van der Waals surface area contributed by atoms with Gasteiger partial charge in [-0.1, -0.05) is 37.3 Å². The molecule has 2 N–H and O–H groups in total. The van der Waals surface area contributed by atoms with E-state index in [2.05, 4.69) is 36.1 Å². The first-order valence-corrected chi connectivity index (χ1v) is 7.44. The number of piperidine rings is 1. The van der Waals surface area contributed by atoms with Crippen molar-refractivity contribution in [2.24, 2.45) is 5.73 Å².